The van der Waals surface area contributed by atoms with Gasteiger partial charge < -0.3 is 5.32 Å². The number of carbonyl (C=O) groups is 1. The molecule has 4 heteroatoms. The molecule has 0 aliphatic carbocycles. The molecule has 1 aliphatic heterocycles. The van der Waals surface area contributed by atoms with Crippen LogP contribution in [0, 0.1) is 11.7 Å². The Labute approximate surface area is 120 Å². The van der Waals surface area contributed by atoms with Crippen molar-refractivity contribution in [1.82, 2.24) is 10.2 Å². The highest BCUT2D eigenvalue weighted by molar-refractivity contribution is 5.82. The number of piperidine rings is 1. The van der Waals surface area contributed by atoms with Crippen molar-refractivity contribution in [2.45, 2.75) is 19.3 Å². The first kappa shape index (κ1) is 15.1. The molecule has 3 nitrogen and oxygen atoms in total. The van der Waals surface area contributed by atoms with E-state index in [4.69, 9.17) is 0 Å². The molecule has 1 aromatic rings. The number of likely N-dealkylation sites (tertiary alicyclic amines) is 1. The second-order valence-electron chi connectivity index (χ2n) is 5.61. The number of halogens is 1. The van der Waals surface area contributed by atoms with Gasteiger partial charge in [0.15, 0.2) is 5.78 Å². The number of Topliss-reactive ketones (excluding diaryl/α,β-unsaturated/α-hetero) is 1. The van der Waals surface area contributed by atoms with Crippen molar-refractivity contribution in [2.24, 2.45) is 5.92 Å². The fourth-order valence-corrected chi connectivity index (χ4v) is 2.91. The van der Waals surface area contributed by atoms with E-state index in [9.17, 15) is 9.18 Å². The number of hydrogen-bond acceptors (Lipinski definition) is 3. The summed E-state index contributed by atoms with van der Waals surface area (Å²) in [7, 11) is 1.96. The van der Waals surface area contributed by atoms with Crippen molar-refractivity contribution in [3.05, 3.63) is 35.6 Å². The third kappa shape index (κ3) is 4.39. The second kappa shape index (κ2) is 7.50. The van der Waals surface area contributed by atoms with Crippen LogP contribution in [0.3, 0.4) is 0 Å². The lowest BCUT2D eigenvalue weighted by Crippen LogP contribution is -2.41. The van der Waals surface area contributed by atoms with Gasteiger partial charge >= 0.3 is 0 Å². The van der Waals surface area contributed by atoms with Crippen molar-refractivity contribution >= 4 is 5.78 Å². The number of nitrogens with zero attached hydrogens (tertiary/aromatic N) is 1. The Hall–Kier alpha value is -1.26. The van der Waals surface area contributed by atoms with Gasteiger partial charge in [-0.05, 0) is 50.5 Å². The van der Waals surface area contributed by atoms with Gasteiger partial charge in [0, 0.05) is 13.0 Å². The number of hydrogen-bond donors (Lipinski definition) is 1. The van der Waals surface area contributed by atoms with Crippen molar-refractivity contribution in [2.75, 3.05) is 33.2 Å². The number of benzene rings is 1. The molecule has 1 heterocycles. The zero-order valence-electron chi connectivity index (χ0n) is 12.1. The van der Waals surface area contributed by atoms with Gasteiger partial charge in [0.1, 0.15) is 5.82 Å². The van der Waals surface area contributed by atoms with E-state index in [1.807, 2.05) is 7.05 Å². The van der Waals surface area contributed by atoms with Gasteiger partial charge in [-0.25, -0.2) is 4.39 Å². The first-order valence-electron chi connectivity index (χ1n) is 7.31. The molecule has 2 rings (SSSR count). The van der Waals surface area contributed by atoms with Crippen LogP contribution in [0.15, 0.2) is 24.3 Å². The molecule has 0 bridgehead atoms. The molecule has 1 aliphatic rings. The molecule has 0 radical (unpaired) electrons. The Morgan fingerprint density at radius 2 is 2.25 bits per heavy atom. The number of ketones is 1. The van der Waals surface area contributed by atoms with Gasteiger partial charge in [-0.2, -0.15) is 0 Å². The molecular weight excluding hydrogens is 255 g/mol. The van der Waals surface area contributed by atoms with E-state index in [-0.39, 0.29) is 18.0 Å². The van der Waals surface area contributed by atoms with Crippen LogP contribution >= 0.6 is 0 Å². The minimum absolute atomic E-state index is 0.0974. The van der Waals surface area contributed by atoms with Gasteiger partial charge in [0.25, 0.3) is 0 Å². The van der Waals surface area contributed by atoms with Crippen molar-refractivity contribution < 1.29 is 9.18 Å². The summed E-state index contributed by atoms with van der Waals surface area (Å²) in [5, 5.41) is 3.20. The summed E-state index contributed by atoms with van der Waals surface area (Å²) in [4.78, 5) is 14.3. The first-order valence-corrected chi connectivity index (χ1v) is 7.31. The lowest BCUT2D eigenvalue weighted by molar-refractivity contribution is -0.120. The summed E-state index contributed by atoms with van der Waals surface area (Å²) in [5.74, 6) is 0.433. The van der Waals surface area contributed by atoms with Crippen LogP contribution in [0.25, 0.3) is 0 Å². The maximum Gasteiger partial charge on any atom is 0.151 e. The molecule has 1 saturated heterocycles. The quantitative estimate of drug-likeness (QED) is 0.862. The van der Waals surface area contributed by atoms with E-state index in [0.717, 1.165) is 26.1 Å². The van der Waals surface area contributed by atoms with Crippen LogP contribution in [-0.2, 0) is 11.2 Å². The summed E-state index contributed by atoms with van der Waals surface area (Å²) in [6, 6.07) is 6.52. The fraction of sp³-hybridized carbons (Fsp3) is 0.562. The second-order valence-corrected chi connectivity index (χ2v) is 5.61. The van der Waals surface area contributed by atoms with Crippen molar-refractivity contribution in [3.63, 3.8) is 0 Å². The van der Waals surface area contributed by atoms with E-state index in [1.54, 1.807) is 18.2 Å². The van der Waals surface area contributed by atoms with Gasteiger partial charge in [-0.3, -0.25) is 9.69 Å². The van der Waals surface area contributed by atoms with Gasteiger partial charge in [0.2, 0.25) is 0 Å². The van der Waals surface area contributed by atoms with E-state index in [2.05, 4.69) is 10.2 Å². The summed E-state index contributed by atoms with van der Waals surface area (Å²) in [6.07, 6.45) is 2.55. The Balaban J connectivity index is 1.84. The zero-order chi connectivity index (χ0) is 14.4. The topological polar surface area (TPSA) is 32.3 Å². The summed E-state index contributed by atoms with van der Waals surface area (Å²) in [6.45, 7) is 3.37. The largest absolute Gasteiger partial charge is 0.319 e. The highest BCUT2D eigenvalue weighted by Gasteiger charge is 2.21. The predicted octanol–water partition coefficient (Wildman–Crippen LogP) is 1.87. The molecule has 0 aromatic heterocycles. The maximum atomic E-state index is 13.5. The summed E-state index contributed by atoms with van der Waals surface area (Å²) >= 11 is 0. The Morgan fingerprint density at radius 3 is 3.00 bits per heavy atom. The molecule has 0 spiro atoms. The molecular formula is C16H23FN2O. The van der Waals surface area contributed by atoms with E-state index in [1.165, 1.54) is 12.5 Å². The molecule has 20 heavy (non-hydrogen) atoms. The number of rotatable bonds is 6. The normalized spacial score (nSPS) is 20.0. The molecule has 110 valence electrons. The Kier molecular flexibility index (Phi) is 5.68. The summed E-state index contributed by atoms with van der Waals surface area (Å²) < 4.78 is 13.5. The lowest BCUT2D eigenvalue weighted by atomic mass is 9.97. The van der Waals surface area contributed by atoms with Gasteiger partial charge in [0.05, 0.1) is 6.54 Å². The molecule has 0 saturated carbocycles. The van der Waals surface area contributed by atoms with Crippen LogP contribution in [0.5, 0.6) is 0 Å². The van der Waals surface area contributed by atoms with Crippen LogP contribution in [0.4, 0.5) is 4.39 Å². The van der Waals surface area contributed by atoms with E-state index >= 15 is 0 Å². The average molecular weight is 278 g/mol. The minimum atomic E-state index is -0.285. The zero-order valence-corrected chi connectivity index (χ0v) is 12.1. The van der Waals surface area contributed by atoms with Gasteiger partial charge in [-0.15, -0.1) is 0 Å². The van der Waals surface area contributed by atoms with Crippen LogP contribution in [-0.4, -0.2) is 43.9 Å². The Morgan fingerprint density at radius 1 is 1.45 bits per heavy atom. The van der Waals surface area contributed by atoms with Crippen molar-refractivity contribution in [1.29, 1.82) is 0 Å². The maximum absolute atomic E-state index is 13.5. The molecule has 1 fully saturated rings. The van der Waals surface area contributed by atoms with Crippen molar-refractivity contribution in [3.8, 4) is 0 Å². The number of nitrogens with one attached hydrogen (secondary N) is 1. The SMILES string of the molecule is CNCC1CCCN(CC(=O)Cc2ccccc2F)C1. The van der Waals surface area contributed by atoms with E-state index in [0.29, 0.717) is 18.0 Å². The van der Waals surface area contributed by atoms with E-state index < -0.39 is 0 Å². The fourth-order valence-electron chi connectivity index (χ4n) is 2.91. The monoisotopic (exact) mass is 278 g/mol. The summed E-state index contributed by atoms with van der Waals surface area (Å²) in [5.41, 5.74) is 0.501. The minimum Gasteiger partial charge on any atom is -0.319 e. The highest BCUT2D eigenvalue weighted by atomic mass is 19.1. The highest BCUT2D eigenvalue weighted by Crippen LogP contribution is 2.16. The van der Waals surface area contributed by atoms with Gasteiger partial charge in [-0.1, -0.05) is 18.2 Å². The molecule has 0 amide bonds. The standard InChI is InChI=1S/C16H23FN2O/c1-18-10-13-5-4-8-19(11-13)12-15(20)9-14-6-2-3-7-16(14)17/h2-3,6-7,13,18H,4-5,8-12H2,1H3. The molecule has 1 aromatic carbocycles. The predicted molar refractivity (Wildman–Crippen MR) is 78.2 cm³/mol. The smallest absolute Gasteiger partial charge is 0.151 e. The molecule has 1 N–H and O–H groups in total. The first-order chi connectivity index (χ1) is 9.69. The Bertz CT molecular complexity index is 448. The number of carbonyl (C=O) groups excluding carboxylic acids is 1. The van der Waals surface area contributed by atoms with Crippen LogP contribution in [0.1, 0.15) is 18.4 Å². The van der Waals surface area contributed by atoms with Crippen LogP contribution < -0.4 is 5.32 Å². The lowest BCUT2D eigenvalue weighted by Gasteiger charge is -2.32. The van der Waals surface area contributed by atoms with Crippen LogP contribution in [0.2, 0.25) is 0 Å². The molecule has 1 atom stereocenters. The third-order valence-electron chi connectivity index (χ3n) is 3.84. The molecule has 1 unspecified atom stereocenters. The average Bonchev–Trinajstić information content (AvgIpc) is 2.42. The third-order valence-corrected chi connectivity index (χ3v) is 3.84.